The Balaban J connectivity index is 1.51. The van der Waals surface area contributed by atoms with E-state index in [1.807, 2.05) is 26.0 Å². The van der Waals surface area contributed by atoms with Crippen LogP contribution in [0.5, 0.6) is 5.75 Å². The van der Waals surface area contributed by atoms with E-state index < -0.39 is 29.6 Å². The molecule has 3 rings (SSSR count). The minimum atomic E-state index is -0.991. The lowest BCUT2D eigenvalue weighted by Crippen LogP contribution is -2.49. The normalized spacial score (nSPS) is 25.3. The van der Waals surface area contributed by atoms with Crippen molar-refractivity contribution >= 4 is 29.4 Å². The van der Waals surface area contributed by atoms with Gasteiger partial charge in [-0.1, -0.05) is 23.8 Å². The molecule has 0 radical (unpaired) electrons. The highest BCUT2D eigenvalue weighted by Gasteiger charge is 2.51. The zero-order valence-electron chi connectivity index (χ0n) is 15.0. The number of carboxylic acid groups (broad SMARTS) is 1. The van der Waals surface area contributed by atoms with E-state index in [0.29, 0.717) is 17.2 Å². The first-order valence-corrected chi connectivity index (χ1v) is 9.05. The molecule has 0 saturated heterocycles. The number of hydrogen-bond acceptors (Lipinski definition) is 4. The average Bonchev–Trinajstić information content (AvgIpc) is 3.23. The quantitative estimate of drug-likeness (QED) is 0.525. The molecule has 0 spiro atoms. The Hall–Kier alpha value is -2.54. The Morgan fingerprint density at radius 2 is 1.70 bits per heavy atom. The Morgan fingerprint density at radius 1 is 1.11 bits per heavy atom. The van der Waals surface area contributed by atoms with Gasteiger partial charge < -0.3 is 9.84 Å². The third-order valence-electron chi connectivity index (χ3n) is 5.15. The van der Waals surface area contributed by atoms with Gasteiger partial charge in [0.05, 0.1) is 11.8 Å². The Morgan fingerprint density at radius 3 is 2.30 bits per heavy atom. The SMILES string of the molecule is Cc1cc(OCC(=O)NNC(=O)[C@H]2[C@@H](C(=O)O)[C@H]3C=C[C@@H]2C3)cc(C)c1Cl. The molecule has 144 valence electrons. The summed E-state index contributed by atoms with van der Waals surface area (Å²) in [6.45, 7) is 3.38. The Bertz CT molecular complexity index is 799. The molecule has 0 aromatic heterocycles. The molecule has 1 fully saturated rings. The summed E-state index contributed by atoms with van der Waals surface area (Å²) in [5.41, 5.74) is 6.28. The summed E-state index contributed by atoms with van der Waals surface area (Å²) >= 11 is 6.09. The molecule has 2 aliphatic carbocycles. The van der Waals surface area contributed by atoms with Crippen LogP contribution in [0.2, 0.25) is 5.02 Å². The topological polar surface area (TPSA) is 105 Å². The number of rotatable bonds is 5. The van der Waals surface area contributed by atoms with Gasteiger partial charge in [0.1, 0.15) is 5.75 Å². The van der Waals surface area contributed by atoms with Crippen molar-refractivity contribution in [2.45, 2.75) is 20.3 Å². The molecule has 2 bridgehead atoms. The first-order chi connectivity index (χ1) is 12.8. The van der Waals surface area contributed by atoms with Gasteiger partial charge in [0.15, 0.2) is 6.61 Å². The van der Waals surface area contributed by atoms with Gasteiger partial charge in [-0.15, -0.1) is 0 Å². The number of ether oxygens (including phenoxy) is 1. The lowest BCUT2D eigenvalue weighted by Gasteiger charge is -2.23. The van der Waals surface area contributed by atoms with E-state index >= 15 is 0 Å². The van der Waals surface area contributed by atoms with Crippen LogP contribution < -0.4 is 15.6 Å². The molecule has 1 aromatic rings. The van der Waals surface area contributed by atoms with Crippen LogP contribution in [0.3, 0.4) is 0 Å². The number of amides is 2. The summed E-state index contributed by atoms with van der Waals surface area (Å²) in [4.78, 5) is 35.8. The van der Waals surface area contributed by atoms with E-state index in [1.54, 1.807) is 12.1 Å². The van der Waals surface area contributed by atoms with Gasteiger partial charge in [-0.3, -0.25) is 25.2 Å². The van der Waals surface area contributed by atoms with E-state index in [9.17, 15) is 19.5 Å². The maximum atomic E-state index is 12.4. The molecule has 4 atom stereocenters. The number of aryl methyl sites for hydroxylation is 2. The lowest BCUT2D eigenvalue weighted by atomic mass is 9.82. The van der Waals surface area contributed by atoms with Crippen LogP contribution >= 0.6 is 11.6 Å². The number of allylic oxidation sites excluding steroid dienone is 2. The zero-order chi connectivity index (χ0) is 19.7. The van der Waals surface area contributed by atoms with Crippen LogP contribution in [0.15, 0.2) is 24.3 Å². The lowest BCUT2D eigenvalue weighted by molar-refractivity contribution is -0.148. The molecular weight excluding hydrogens is 372 g/mol. The number of nitrogens with one attached hydrogen (secondary N) is 2. The molecular formula is C19H21ClN2O5. The van der Waals surface area contributed by atoms with Crippen molar-refractivity contribution in [3.05, 3.63) is 40.4 Å². The van der Waals surface area contributed by atoms with Crippen molar-refractivity contribution in [1.82, 2.24) is 10.9 Å². The van der Waals surface area contributed by atoms with E-state index in [0.717, 1.165) is 11.1 Å². The van der Waals surface area contributed by atoms with Gasteiger partial charge in [0, 0.05) is 5.02 Å². The highest BCUT2D eigenvalue weighted by Crippen LogP contribution is 2.48. The summed E-state index contributed by atoms with van der Waals surface area (Å²) in [5, 5.41) is 10.0. The zero-order valence-corrected chi connectivity index (χ0v) is 15.7. The number of carbonyl (C=O) groups excluding carboxylic acids is 2. The van der Waals surface area contributed by atoms with E-state index in [1.165, 1.54) is 0 Å². The maximum absolute atomic E-state index is 12.4. The monoisotopic (exact) mass is 392 g/mol. The third-order valence-corrected chi connectivity index (χ3v) is 5.75. The second-order valence-corrected chi connectivity index (χ2v) is 7.41. The first-order valence-electron chi connectivity index (χ1n) is 8.67. The predicted octanol–water partition coefficient (Wildman–Crippen LogP) is 2.01. The molecule has 2 amide bonds. The van der Waals surface area contributed by atoms with Crippen molar-refractivity contribution in [2.24, 2.45) is 23.7 Å². The second kappa shape index (κ2) is 7.60. The van der Waals surface area contributed by atoms with Crippen molar-refractivity contribution in [2.75, 3.05) is 6.61 Å². The fraction of sp³-hybridized carbons (Fsp3) is 0.421. The van der Waals surface area contributed by atoms with E-state index in [4.69, 9.17) is 16.3 Å². The highest BCUT2D eigenvalue weighted by atomic mass is 35.5. The summed E-state index contributed by atoms with van der Waals surface area (Å²) in [7, 11) is 0. The maximum Gasteiger partial charge on any atom is 0.307 e. The van der Waals surface area contributed by atoms with Gasteiger partial charge in [-0.05, 0) is 55.4 Å². The molecule has 0 heterocycles. The number of hydrogen-bond donors (Lipinski definition) is 3. The Labute approximate surface area is 161 Å². The number of carbonyl (C=O) groups is 3. The minimum absolute atomic E-state index is 0.107. The van der Waals surface area contributed by atoms with Crippen LogP contribution in [0.1, 0.15) is 17.5 Å². The summed E-state index contributed by atoms with van der Waals surface area (Å²) in [5.74, 6) is -3.20. The fourth-order valence-electron chi connectivity index (χ4n) is 3.91. The van der Waals surface area contributed by atoms with Gasteiger partial charge in [0.2, 0.25) is 5.91 Å². The predicted molar refractivity (Wildman–Crippen MR) is 98.1 cm³/mol. The molecule has 7 nitrogen and oxygen atoms in total. The average molecular weight is 393 g/mol. The molecule has 1 saturated carbocycles. The summed E-state index contributed by atoms with van der Waals surface area (Å²) in [6, 6.07) is 3.44. The van der Waals surface area contributed by atoms with Crippen molar-refractivity contribution in [3.63, 3.8) is 0 Å². The van der Waals surface area contributed by atoms with Gasteiger partial charge >= 0.3 is 5.97 Å². The molecule has 3 N–H and O–H groups in total. The van der Waals surface area contributed by atoms with E-state index in [2.05, 4.69) is 10.9 Å². The van der Waals surface area contributed by atoms with Crippen LogP contribution in [-0.2, 0) is 14.4 Å². The van der Waals surface area contributed by atoms with Gasteiger partial charge in [-0.2, -0.15) is 0 Å². The number of aliphatic carboxylic acids is 1. The van der Waals surface area contributed by atoms with Gasteiger partial charge in [0.25, 0.3) is 5.91 Å². The molecule has 0 aliphatic heterocycles. The van der Waals surface area contributed by atoms with Gasteiger partial charge in [-0.25, -0.2) is 0 Å². The third kappa shape index (κ3) is 3.93. The van der Waals surface area contributed by atoms with Crippen LogP contribution in [0, 0.1) is 37.5 Å². The van der Waals surface area contributed by atoms with Crippen LogP contribution in [0.4, 0.5) is 0 Å². The van der Waals surface area contributed by atoms with Crippen molar-refractivity contribution in [3.8, 4) is 5.75 Å². The number of halogens is 1. The fourth-order valence-corrected chi connectivity index (χ4v) is 4.01. The molecule has 1 aromatic carbocycles. The minimum Gasteiger partial charge on any atom is -0.484 e. The summed E-state index contributed by atoms with van der Waals surface area (Å²) < 4.78 is 5.42. The van der Waals surface area contributed by atoms with Crippen LogP contribution in [0.25, 0.3) is 0 Å². The van der Waals surface area contributed by atoms with E-state index in [-0.39, 0.29) is 18.4 Å². The molecule has 8 heteroatoms. The standard InChI is InChI=1S/C19H21ClN2O5/c1-9-5-13(6-10(2)17(9)20)27-8-14(23)21-22-18(24)15-11-3-4-12(7-11)16(15)19(25)26/h3-6,11-12,15-16H,7-8H2,1-2H3,(H,21,23)(H,22,24)(H,25,26)/t11-,12+,15-,16+/m1/s1. The van der Waals surface area contributed by atoms with Crippen molar-refractivity contribution < 1.29 is 24.2 Å². The number of benzene rings is 1. The first kappa shape index (κ1) is 19.2. The molecule has 0 unspecified atom stereocenters. The number of fused-ring (bicyclic) bond motifs is 2. The number of hydrazine groups is 1. The Kier molecular flexibility index (Phi) is 5.41. The second-order valence-electron chi connectivity index (χ2n) is 7.04. The smallest absolute Gasteiger partial charge is 0.307 e. The van der Waals surface area contributed by atoms with Crippen LogP contribution in [-0.4, -0.2) is 29.5 Å². The largest absolute Gasteiger partial charge is 0.484 e. The van der Waals surface area contributed by atoms with Crippen molar-refractivity contribution in [1.29, 1.82) is 0 Å². The molecule has 2 aliphatic rings. The molecule has 27 heavy (non-hydrogen) atoms. The number of carboxylic acids is 1. The highest BCUT2D eigenvalue weighted by molar-refractivity contribution is 6.32. The summed E-state index contributed by atoms with van der Waals surface area (Å²) in [6.07, 6.45) is 4.39.